The van der Waals surface area contributed by atoms with Crippen molar-refractivity contribution in [2.24, 2.45) is 5.41 Å². The van der Waals surface area contributed by atoms with Gasteiger partial charge in [-0.3, -0.25) is 14.6 Å². The van der Waals surface area contributed by atoms with Crippen LogP contribution in [0.2, 0.25) is 0 Å². The fourth-order valence-corrected chi connectivity index (χ4v) is 4.73. The molecule has 2 aliphatic rings. The molecule has 1 N–H and O–H groups in total. The van der Waals surface area contributed by atoms with Crippen molar-refractivity contribution >= 4 is 24.2 Å². The van der Waals surface area contributed by atoms with E-state index in [9.17, 15) is 19.5 Å². The number of amides is 2. The Morgan fingerprint density at radius 1 is 1.24 bits per heavy atom. The zero-order chi connectivity index (χ0) is 21.8. The van der Waals surface area contributed by atoms with Gasteiger partial charge in [-0.25, -0.2) is 9.59 Å². The van der Waals surface area contributed by atoms with Crippen molar-refractivity contribution in [3.8, 4) is 0 Å². The van der Waals surface area contributed by atoms with Gasteiger partial charge in [0.05, 0.1) is 0 Å². The Balaban J connectivity index is 2.28. The smallest absolute Gasteiger partial charge is 0.412 e. The van der Waals surface area contributed by atoms with E-state index in [-0.39, 0.29) is 6.42 Å². The number of carbonyl (C=O) groups is 3. The molecule has 7 nitrogen and oxygen atoms in total. The minimum absolute atomic E-state index is 0.145. The van der Waals surface area contributed by atoms with E-state index in [1.165, 1.54) is 9.80 Å². The second kappa shape index (κ2) is 6.61. The van der Waals surface area contributed by atoms with Crippen LogP contribution in [-0.4, -0.2) is 46.3 Å². The highest BCUT2D eigenvalue weighted by atomic mass is 16.6. The Morgan fingerprint density at radius 3 is 2.38 bits per heavy atom. The van der Waals surface area contributed by atoms with Crippen LogP contribution in [-0.2, 0) is 19.7 Å². The lowest BCUT2D eigenvalue weighted by Gasteiger charge is -2.44. The lowest BCUT2D eigenvalue weighted by molar-refractivity contribution is -0.142. The van der Waals surface area contributed by atoms with Crippen LogP contribution in [0.5, 0.6) is 0 Å². The summed E-state index contributed by atoms with van der Waals surface area (Å²) in [5.41, 5.74) is -0.766. The summed E-state index contributed by atoms with van der Waals surface area (Å²) in [5.74, 6) is -1.13. The summed E-state index contributed by atoms with van der Waals surface area (Å²) in [6.07, 6.45) is 0.985. The largest absolute Gasteiger partial charge is 0.480 e. The molecule has 3 atom stereocenters. The van der Waals surface area contributed by atoms with Crippen molar-refractivity contribution in [3.63, 3.8) is 0 Å². The van der Waals surface area contributed by atoms with Crippen LogP contribution in [0.25, 0.3) is 0 Å². The van der Waals surface area contributed by atoms with Gasteiger partial charge in [-0.05, 0) is 44.2 Å². The van der Waals surface area contributed by atoms with Crippen molar-refractivity contribution in [1.82, 2.24) is 4.90 Å². The number of benzene rings is 1. The summed E-state index contributed by atoms with van der Waals surface area (Å²) in [7, 11) is 0. The Bertz CT molecular complexity index is 872. The summed E-state index contributed by atoms with van der Waals surface area (Å²) in [5, 5.41) is 9.96. The van der Waals surface area contributed by atoms with Gasteiger partial charge in [-0.1, -0.05) is 38.1 Å². The van der Waals surface area contributed by atoms with E-state index in [2.05, 4.69) is 6.58 Å². The Hall–Kier alpha value is -2.83. The number of ether oxygens (including phenoxy) is 1. The third kappa shape index (κ3) is 2.91. The number of carboxylic acids is 1. The summed E-state index contributed by atoms with van der Waals surface area (Å²) in [6, 6.07) is 6.25. The molecule has 29 heavy (non-hydrogen) atoms. The first-order valence-electron chi connectivity index (χ1n) is 9.62. The number of nitrogens with zero attached hydrogens (tertiary/aromatic N) is 2. The van der Waals surface area contributed by atoms with Gasteiger partial charge in [-0.2, -0.15) is 0 Å². The minimum Gasteiger partial charge on any atom is -0.480 e. The van der Waals surface area contributed by atoms with E-state index in [4.69, 9.17) is 4.74 Å². The SMILES string of the molecule is C=CC(C)(C)[C@@]12C[C@@H](C(=O)O)N(C(=O)OC(C)(C)C)[C@@H]1N(C=O)c1ccccc12. The molecule has 0 aromatic heterocycles. The molecule has 3 rings (SSSR count). The Labute approximate surface area is 170 Å². The van der Waals surface area contributed by atoms with E-state index >= 15 is 0 Å². The molecule has 1 saturated heterocycles. The predicted molar refractivity (Wildman–Crippen MR) is 109 cm³/mol. The standard InChI is InChI=1S/C22H28N2O5/c1-7-21(5,6)22-12-16(17(26)27)24(19(28)29-20(2,3)4)18(22)23(13-25)15-11-9-8-10-14(15)22/h7-11,13,16,18H,1,12H2,2-6H3,(H,26,27)/t16-,18-,22+/m0/s1. The summed E-state index contributed by atoms with van der Waals surface area (Å²) in [4.78, 5) is 40.2. The Kier molecular flexibility index (Phi) is 4.76. The average molecular weight is 400 g/mol. The first kappa shape index (κ1) is 20.9. The van der Waals surface area contributed by atoms with Gasteiger partial charge < -0.3 is 9.84 Å². The summed E-state index contributed by atoms with van der Waals surface area (Å²) in [6.45, 7) is 13.0. The van der Waals surface area contributed by atoms with Gasteiger partial charge >= 0.3 is 12.1 Å². The molecule has 156 valence electrons. The number of allylic oxidation sites excluding steroid dienone is 1. The maximum atomic E-state index is 13.2. The molecule has 1 aromatic carbocycles. The molecule has 0 spiro atoms. The van der Waals surface area contributed by atoms with Gasteiger partial charge in [0.15, 0.2) is 0 Å². The van der Waals surface area contributed by atoms with E-state index in [1.807, 2.05) is 38.1 Å². The van der Waals surface area contributed by atoms with Crippen LogP contribution in [0, 0.1) is 5.41 Å². The van der Waals surface area contributed by atoms with Crippen molar-refractivity contribution in [1.29, 1.82) is 0 Å². The van der Waals surface area contributed by atoms with Crippen LogP contribution >= 0.6 is 0 Å². The maximum absolute atomic E-state index is 13.2. The van der Waals surface area contributed by atoms with E-state index in [1.54, 1.807) is 26.8 Å². The molecule has 0 saturated carbocycles. The Morgan fingerprint density at radius 2 is 1.86 bits per heavy atom. The fraction of sp³-hybridized carbons (Fsp3) is 0.500. The van der Waals surface area contributed by atoms with Crippen molar-refractivity contribution < 1.29 is 24.2 Å². The number of aliphatic carboxylic acids is 1. The molecule has 1 fully saturated rings. The van der Waals surface area contributed by atoms with Crippen LogP contribution in [0.3, 0.4) is 0 Å². The maximum Gasteiger partial charge on any atom is 0.412 e. The number of likely N-dealkylation sites (tertiary alicyclic amines) is 1. The quantitative estimate of drug-likeness (QED) is 0.617. The number of anilines is 1. The highest BCUT2D eigenvalue weighted by Crippen LogP contribution is 2.61. The number of fused-ring (bicyclic) bond motifs is 3. The number of carbonyl (C=O) groups excluding carboxylic acids is 2. The number of hydrogen-bond acceptors (Lipinski definition) is 4. The van der Waals surface area contributed by atoms with E-state index < -0.39 is 40.7 Å². The topological polar surface area (TPSA) is 87.2 Å². The average Bonchev–Trinajstić information content (AvgIpc) is 3.12. The third-order valence-corrected chi connectivity index (χ3v) is 6.14. The molecule has 7 heteroatoms. The first-order chi connectivity index (χ1) is 13.4. The van der Waals surface area contributed by atoms with Gasteiger partial charge in [0.1, 0.15) is 17.8 Å². The lowest BCUT2D eigenvalue weighted by atomic mass is 9.60. The second-order valence-electron chi connectivity index (χ2n) is 9.25. The lowest BCUT2D eigenvalue weighted by Crippen LogP contribution is -2.58. The van der Waals surface area contributed by atoms with Crippen LogP contribution in [0.1, 0.15) is 46.6 Å². The number of rotatable bonds is 4. The molecule has 0 aliphatic carbocycles. The molecular formula is C22H28N2O5. The first-order valence-corrected chi connectivity index (χ1v) is 9.62. The zero-order valence-electron chi connectivity index (χ0n) is 17.5. The van der Waals surface area contributed by atoms with E-state index in [0.717, 1.165) is 5.56 Å². The minimum atomic E-state index is -1.13. The predicted octanol–water partition coefficient (Wildman–Crippen LogP) is 3.53. The van der Waals surface area contributed by atoms with Gasteiger partial charge in [-0.15, -0.1) is 6.58 Å². The number of para-hydroxylation sites is 1. The van der Waals surface area contributed by atoms with Crippen molar-refractivity contribution in [3.05, 3.63) is 42.5 Å². The second-order valence-corrected chi connectivity index (χ2v) is 9.25. The molecule has 0 bridgehead atoms. The summed E-state index contributed by atoms with van der Waals surface area (Å²) >= 11 is 0. The van der Waals surface area contributed by atoms with Crippen LogP contribution < -0.4 is 4.90 Å². The highest BCUT2D eigenvalue weighted by Gasteiger charge is 2.68. The normalized spacial score (nSPS) is 26.0. The molecular weight excluding hydrogens is 372 g/mol. The van der Waals surface area contributed by atoms with Gasteiger partial charge in [0.2, 0.25) is 6.41 Å². The molecule has 0 radical (unpaired) electrons. The van der Waals surface area contributed by atoms with Gasteiger partial charge in [0, 0.05) is 11.1 Å². The highest BCUT2D eigenvalue weighted by molar-refractivity contribution is 5.89. The van der Waals surface area contributed by atoms with E-state index in [0.29, 0.717) is 12.1 Å². The summed E-state index contributed by atoms with van der Waals surface area (Å²) < 4.78 is 5.55. The fourth-order valence-electron chi connectivity index (χ4n) is 4.73. The zero-order valence-corrected chi connectivity index (χ0v) is 17.5. The molecule has 0 unspecified atom stereocenters. The number of carboxylic acid groups (broad SMARTS) is 1. The van der Waals surface area contributed by atoms with Crippen molar-refractivity contribution in [2.45, 2.75) is 64.3 Å². The number of hydrogen-bond donors (Lipinski definition) is 1. The molecule has 2 aliphatic heterocycles. The molecule has 2 heterocycles. The van der Waals surface area contributed by atoms with Crippen molar-refractivity contribution in [2.75, 3.05) is 4.90 Å². The van der Waals surface area contributed by atoms with Crippen LogP contribution in [0.4, 0.5) is 10.5 Å². The van der Waals surface area contributed by atoms with Crippen LogP contribution in [0.15, 0.2) is 36.9 Å². The monoisotopic (exact) mass is 400 g/mol. The molecule has 2 amide bonds. The third-order valence-electron chi connectivity index (χ3n) is 6.14. The van der Waals surface area contributed by atoms with Gasteiger partial charge in [0.25, 0.3) is 0 Å². The molecule has 1 aromatic rings.